The molecular weight excluding hydrogens is 631 g/mol. The van der Waals surface area contributed by atoms with Crippen LogP contribution in [0, 0.1) is 0 Å². The smallest absolute Gasteiger partial charge is 0.139 e. The molecule has 0 aliphatic heterocycles. The Morgan fingerprint density at radius 2 is 0.811 bits per heavy atom. The van der Waals surface area contributed by atoms with Gasteiger partial charge in [-0.05, 0) is 100 Å². The molecule has 0 N–H and O–H groups in total. The van der Waals surface area contributed by atoms with Gasteiger partial charge in [-0.3, -0.25) is 0 Å². The molecule has 1 aromatic heterocycles. The minimum atomic E-state index is 0.926. The van der Waals surface area contributed by atoms with Crippen LogP contribution in [0.25, 0.3) is 98.1 Å². The van der Waals surface area contributed by atoms with Crippen molar-refractivity contribution in [1.82, 2.24) is 0 Å². The minimum absolute atomic E-state index is 0.926. The fourth-order valence-corrected chi connectivity index (χ4v) is 9.65. The number of benzene rings is 9. The van der Waals surface area contributed by atoms with Crippen LogP contribution in [0.15, 0.2) is 114 Å². The van der Waals surface area contributed by atoms with Crippen LogP contribution in [-0.4, -0.2) is 62.8 Å². The van der Waals surface area contributed by atoms with E-state index in [1.165, 1.54) is 120 Å². The van der Waals surface area contributed by atoms with Crippen LogP contribution in [0.2, 0.25) is 0 Å². The number of fused-ring (bicyclic) bond motifs is 10. The molecule has 0 saturated carbocycles. The predicted molar refractivity (Wildman–Crippen MR) is 258 cm³/mol. The molecule has 10 rings (SSSR count). The maximum absolute atomic E-state index is 6.35. The molecule has 1 heterocycles. The fourth-order valence-electron chi connectivity index (χ4n) is 9.65. The second-order valence-electron chi connectivity index (χ2n) is 15.4. The second-order valence-corrected chi connectivity index (χ2v) is 15.4. The number of hydrogen-bond acceptors (Lipinski definition) is 1. The third-order valence-corrected chi connectivity index (χ3v) is 13.1. The van der Waals surface area contributed by atoms with Gasteiger partial charge in [0.25, 0.3) is 0 Å². The second kappa shape index (κ2) is 11.5. The Kier molecular flexibility index (Phi) is 7.03. The number of para-hydroxylation sites is 1. The van der Waals surface area contributed by atoms with Crippen LogP contribution < -0.4 is 43.7 Å². The standard InChI is InChI=1S/C44H34B8O/c45-37-33-31(21-15-16-29-26(17-21)24-10-5-6-12-28(24)53-29)34-36(40(48)44(52)42(50)38(34)46)32(35(33)39(47)43(51)41(37)49)27-18-20-14-13-19-7-1-2-8-22(19)30(20)25-11-4-3-9-23(25)27/h1-18H,45-52H2. The average Bonchev–Trinajstić information content (AvgIpc) is 3.57. The van der Waals surface area contributed by atoms with E-state index < -0.39 is 0 Å². The molecule has 0 saturated heterocycles. The van der Waals surface area contributed by atoms with Crippen LogP contribution in [-0.2, 0) is 0 Å². The van der Waals surface area contributed by atoms with E-state index >= 15 is 0 Å². The molecular formula is C44H34B8O. The van der Waals surface area contributed by atoms with Gasteiger partial charge in [0.15, 0.2) is 0 Å². The lowest BCUT2D eigenvalue weighted by atomic mass is 9.59. The fraction of sp³-hybridized carbons (Fsp3) is 0. The van der Waals surface area contributed by atoms with Crippen LogP contribution in [0.4, 0.5) is 0 Å². The van der Waals surface area contributed by atoms with Crippen LogP contribution in [0.5, 0.6) is 0 Å². The molecule has 240 valence electrons. The van der Waals surface area contributed by atoms with Gasteiger partial charge in [-0.15, -0.1) is 21.9 Å². The Morgan fingerprint density at radius 1 is 0.321 bits per heavy atom. The molecule has 0 unspecified atom stereocenters. The molecule has 0 fully saturated rings. The zero-order valence-corrected chi connectivity index (χ0v) is 31.8. The topological polar surface area (TPSA) is 13.1 Å². The summed E-state index contributed by atoms with van der Waals surface area (Å²) in [4.78, 5) is 0. The summed E-state index contributed by atoms with van der Waals surface area (Å²) in [5.74, 6) is 0. The van der Waals surface area contributed by atoms with Gasteiger partial charge in [-0.25, -0.2) is 0 Å². The SMILES string of the molecule is Bc1c(B)c(B)c2c(-c3cc4ccc5ccccc5c4c4ccccc34)c3c(B)c(B)c(B)c(B)c3c(-c3ccc4oc5ccccc5c4c3)c2c1B. The Hall–Kier alpha value is -5.40. The zero-order valence-electron chi connectivity index (χ0n) is 31.8. The normalized spacial score (nSPS) is 12.0. The Morgan fingerprint density at radius 3 is 1.45 bits per heavy atom. The lowest BCUT2D eigenvalue weighted by molar-refractivity contribution is 0.669. The summed E-state index contributed by atoms with van der Waals surface area (Å²) in [5, 5.41) is 15.5. The largest absolute Gasteiger partial charge is 0.456 e. The third-order valence-electron chi connectivity index (χ3n) is 13.1. The molecule has 0 aliphatic rings. The summed E-state index contributed by atoms with van der Waals surface area (Å²) in [7, 11) is 18.7. The van der Waals surface area contributed by atoms with Gasteiger partial charge in [0.1, 0.15) is 73.9 Å². The van der Waals surface area contributed by atoms with Crippen molar-refractivity contribution in [3.63, 3.8) is 0 Å². The maximum Gasteiger partial charge on any atom is 0.139 e. The highest BCUT2D eigenvalue weighted by Gasteiger charge is 2.26. The molecule has 9 heteroatoms. The molecule has 0 amide bonds. The van der Waals surface area contributed by atoms with E-state index in [1.54, 1.807) is 0 Å². The quantitative estimate of drug-likeness (QED) is 0.128. The van der Waals surface area contributed by atoms with Crippen molar-refractivity contribution in [3.8, 4) is 22.3 Å². The van der Waals surface area contributed by atoms with Crippen molar-refractivity contribution in [2.24, 2.45) is 0 Å². The van der Waals surface area contributed by atoms with Gasteiger partial charge in [0.05, 0.1) is 0 Å². The van der Waals surface area contributed by atoms with Gasteiger partial charge >= 0.3 is 0 Å². The van der Waals surface area contributed by atoms with E-state index in [0.29, 0.717) is 0 Å². The molecule has 1 nitrogen and oxygen atoms in total. The van der Waals surface area contributed by atoms with Crippen molar-refractivity contribution in [1.29, 1.82) is 0 Å². The van der Waals surface area contributed by atoms with Crippen LogP contribution >= 0.6 is 0 Å². The molecule has 53 heavy (non-hydrogen) atoms. The van der Waals surface area contributed by atoms with E-state index in [9.17, 15) is 0 Å². The highest BCUT2D eigenvalue weighted by Crippen LogP contribution is 2.46. The molecule has 0 atom stereocenters. The van der Waals surface area contributed by atoms with Crippen molar-refractivity contribution >= 4 is 182 Å². The molecule has 0 radical (unpaired) electrons. The number of furan rings is 1. The summed E-state index contributed by atoms with van der Waals surface area (Å²) < 4.78 is 6.35. The van der Waals surface area contributed by atoms with Gasteiger partial charge in [0, 0.05) is 10.8 Å². The first kappa shape index (κ1) is 32.3. The van der Waals surface area contributed by atoms with Gasteiger partial charge in [-0.1, -0.05) is 107 Å². The molecule has 0 bridgehead atoms. The van der Waals surface area contributed by atoms with E-state index in [-0.39, 0.29) is 0 Å². The van der Waals surface area contributed by atoms with E-state index in [2.05, 4.69) is 172 Å². The summed E-state index contributed by atoms with van der Waals surface area (Å²) >= 11 is 0. The summed E-state index contributed by atoms with van der Waals surface area (Å²) in [6.07, 6.45) is 0. The zero-order chi connectivity index (χ0) is 36.4. The lowest BCUT2D eigenvalue weighted by Crippen LogP contribution is -2.50. The Balaban J connectivity index is 1.48. The van der Waals surface area contributed by atoms with Gasteiger partial charge in [-0.2, -0.15) is 0 Å². The van der Waals surface area contributed by atoms with Crippen LogP contribution in [0.1, 0.15) is 0 Å². The monoisotopic (exact) mass is 666 g/mol. The molecule has 0 spiro atoms. The highest BCUT2D eigenvalue weighted by atomic mass is 16.3. The van der Waals surface area contributed by atoms with Gasteiger partial charge < -0.3 is 4.42 Å². The highest BCUT2D eigenvalue weighted by molar-refractivity contribution is 6.71. The number of rotatable bonds is 2. The summed E-state index contributed by atoms with van der Waals surface area (Å²) in [5.41, 5.74) is 18.0. The van der Waals surface area contributed by atoms with E-state index in [0.717, 1.165) is 21.9 Å². The van der Waals surface area contributed by atoms with Crippen molar-refractivity contribution in [2.75, 3.05) is 0 Å². The summed E-state index contributed by atoms with van der Waals surface area (Å²) in [6.45, 7) is 0. The van der Waals surface area contributed by atoms with Crippen LogP contribution in [0.3, 0.4) is 0 Å². The third kappa shape index (κ3) is 4.37. The van der Waals surface area contributed by atoms with E-state index in [1.807, 2.05) is 0 Å². The molecule has 10 aromatic rings. The molecule has 0 aliphatic carbocycles. The van der Waals surface area contributed by atoms with E-state index in [4.69, 9.17) is 4.42 Å². The first-order valence-corrected chi connectivity index (χ1v) is 18.9. The average molecular weight is 665 g/mol. The minimum Gasteiger partial charge on any atom is -0.456 e. The first-order chi connectivity index (χ1) is 25.7. The van der Waals surface area contributed by atoms with Crippen molar-refractivity contribution in [2.45, 2.75) is 0 Å². The first-order valence-electron chi connectivity index (χ1n) is 18.9. The Bertz CT molecular complexity index is 3190. The predicted octanol–water partition coefficient (Wildman–Crippen LogP) is -1.25. The number of hydrogen-bond donors (Lipinski definition) is 0. The van der Waals surface area contributed by atoms with Crippen molar-refractivity contribution < 1.29 is 4.42 Å². The Labute approximate surface area is 316 Å². The lowest BCUT2D eigenvalue weighted by Gasteiger charge is -2.28. The van der Waals surface area contributed by atoms with Gasteiger partial charge in [0.2, 0.25) is 0 Å². The maximum atomic E-state index is 6.35. The summed E-state index contributed by atoms with van der Waals surface area (Å²) in [6, 6.07) is 40.3. The van der Waals surface area contributed by atoms with Crippen molar-refractivity contribution in [3.05, 3.63) is 109 Å². The molecule has 9 aromatic carbocycles.